The molecule has 0 saturated heterocycles. The molecule has 1 aromatic carbocycles. The molecule has 0 unspecified atom stereocenters. The van der Waals surface area contributed by atoms with Crippen molar-refractivity contribution in [2.24, 2.45) is 5.92 Å². The molecule has 1 aliphatic rings. The summed E-state index contributed by atoms with van der Waals surface area (Å²) >= 11 is 0. The van der Waals surface area contributed by atoms with Crippen molar-refractivity contribution in [1.82, 2.24) is 10.3 Å². The van der Waals surface area contributed by atoms with Crippen LogP contribution in [0.25, 0.3) is 11.1 Å². The van der Waals surface area contributed by atoms with Gasteiger partial charge in [-0.2, -0.15) is 5.26 Å². The van der Waals surface area contributed by atoms with Gasteiger partial charge >= 0.3 is 0 Å². The number of amides is 1. The lowest BCUT2D eigenvalue weighted by Gasteiger charge is -2.20. The van der Waals surface area contributed by atoms with E-state index >= 15 is 0 Å². The highest BCUT2D eigenvalue weighted by atomic mass is 16.3. The zero-order valence-electron chi connectivity index (χ0n) is 14.0. The van der Waals surface area contributed by atoms with Crippen molar-refractivity contribution in [1.29, 1.82) is 5.26 Å². The predicted octanol–water partition coefficient (Wildman–Crippen LogP) is 3.09. The van der Waals surface area contributed by atoms with E-state index < -0.39 is 11.7 Å². The number of nitrogens with one attached hydrogen (secondary N) is 1. The van der Waals surface area contributed by atoms with E-state index in [0.29, 0.717) is 23.4 Å². The van der Waals surface area contributed by atoms with Gasteiger partial charge in [0.05, 0.1) is 12.6 Å². The van der Waals surface area contributed by atoms with Crippen molar-refractivity contribution in [2.75, 3.05) is 6.54 Å². The van der Waals surface area contributed by atoms with Gasteiger partial charge in [-0.25, -0.2) is 4.98 Å². The van der Waals surface area contributed by atoms with Crippen LogP contribution >= 0.6 is 0 Å². The van der Waals surface area contributed by atoms with Crippen LogP contribution in [0.2, 0.25) is 0 Å². The second-order valence-electron chi connectivity index (χ2n) is 6.53. The molecule has 6 heteroatoms. The molecule has 0 radical (unpaired) electrons. The van der Waals surface area contributed by atoms with Crippen molar-refractivity contribution in [3.63, 3.8) is 0 Å². The number of aromatic nitrogens is 1. The van der Waals surface area contributed by atoms with Crippen LogP contribution in [0.1, 0.15) is 50.3 Å². The van der Waals surface area contributed by atoms with E-state index in [-0.39, 0.29) is 18.3 Å². The lowest BCUT2D eigenvalue weighted by molar-refractivity contribution is -0.126. The van der Waals surface area contributed by atoms with Crippen LogP contribution < -0.4 is 5.32 Å². The first-order chi connectivity index (χ1) is 12.2. The van der Waals surface area contributed by atoms with Gasteiger partial charge in [0.15, 0.2) is 17.3 Å². The minimum atomic E-state index is -1.11. The summed E-state index contributed by atoms with van der Waals surface area (Å²) in [6.45, 7) is -0.178. The summed E-state index contributed by atoms with van der Waals surface area (Å²) in [6.07, 6.45) is 6.19. The fraction of sp³-hybridized carbons (Fsp3) is 0.474. The number of nitriles is 1. The molecule has 1 fully saturated rings. The summed E-state index contributed by atoms with van der Waals surface area (Å²) in [7, 11) is 0. The van der Waals surface area contributed by atoms with Gasteiger partial charge in [0.2, 0.25) is 11.8 Å². The van der Waals surface area contributed by atoms with Gasteiger partial charge in [0.1, 0.15) is 5.52 Å². The smallest absolute Gasteiger partial charge is 0.220 e. The van der Waals surface area contributed by atoms with Gasteiger partial charge in [-0.15, -0.1) is 0 Å². The highest BCUT2D eigenvalue weighted by Crippen LogP contribution is 2.26. The largest absolute Gasteiger partial charge is 0.439 e. The fourth-order valence-electron chi connectivity index (χ4n) is 3.29. The van der Waals surface area contributed by atoms with Gasteiger partial charge in [-0.1, -0.05) is 31.4 Å². The van der Waals surface area contributed by atoms with E-state index in [9.17, 15) is 14.9 Å². The van der Waals surface area contributed by atoms with E-state index in [4.69, 9.17) is 4.42 Å². The average molecular weight is 339 g/mol. The van der Waals surface area contributed by atoms with E-state index in [1.165, 1.54) is 19.3 Å². The van der Waals surface area contributed by atoms with E-state index in [0.717, 1.165) is 12.8 Å². The number of Topliss-reactive ketones (excluding diaryl/α,β-unsaturated/α-hetero) is 1. The molecule has 1 saturated carbocycles. The number of benzene rings is 1. The topological polar surface area (TPSA) is 96.0 Å². The number of oxazole rings is 1. The van der Waals surface area contributed by atoms with Crippen LogP contribution in [0.5, 0.6) is 0 Å². The molecule has 2 aromatic rings. The fourth-order valence-corrected chi connectivity index (χ4v) is 3.29. The molecule has 1 N–H and O–H groups in total. The van der Waals surface area contributed by atoms with Crippen molar-refractivity contribution in [2.45, 2.75) is 44.4 Å². The summed E-state index contributed by atoms with van der Waals surface area (Å²) in [5.74, 6) is -1.16. The van der Waals surface area contributed by atoms with Gasteiger partial charge in [-0.05, 0) is 30.9 Å². The van der Waals surface area contributed by atoms with E-state index in [1.54, 1.807) is 18.2 Å². The van der Waals surface area contributed by atoms with Gasteiger partial charge < -0.3 is 9.73 Å². The number of carbonyl (C=O) groups excluding carboxylic acids is 2. The number of rotatable bonds is 6. The number of ketones is 1. The molecular formula is C19H21N3O3. The second kappa shape index (κ2) is 7.93. The first-order valence-electron chi connectivity index (χ1n) is 8.72. The van der Waals surface area contributed by atoms with Crippen LogP contribution in [0.15, 0.2) is 28.7 Å². The molecule has 3 rings (SSSR count). The molecule has 1 heterocycles. The van der Waals surface area contributed by atoms with Gasteiger partial charge in [0.25, 0.3) is 0 Å². The van der Waals surface area contributed by atoms with Crippen molar-refractivity contribution in [3.8, 4) is 6.07 Å². The van der Waals surface area contributed by atoms with Crippen molar-refractivity contribution < 1.29 is 14.0 Å². The molecular weight excluding hydrogens is 318 g/mol. The highest BCUT2D eigenvalue weighted by Gasteiger charge is 2.26. The molecule has 1 aromatic heterocycles. The van der Waals surface area contributed by atoms with Crippen molar-refractivity contribution in [3.05, 3.63) is 30.2 Å². The first-order valence-corrected chi connectivity index (χ1v) is 8.72. The molecule has 0 aliphatic heterocycles. The third-order valence-electron chi connectivity index (χ3n) is 4.67. The summed E-state index contributed by atoms with van der Waals surface area (Å²) in [5, 5.41) is 12.0. The second-order valence-corrected chi connectivity index (χ2v) is 6.53. The molecule has 1 aliphatic carbocycles. The normalized spacial score (nSPS) is 16.3. The Morgan fingerprint density at radius 1 is 1.28 bits per heavy atom. The lowest BCUT2D eigenvalue weighted by Crippen LogP contribution is -2.33. The molecule has 0 spiro atoms. The minimum absolute atomic E-state index is 0.0789. The standard InChI is InChI=1S/C19H21N3O3/c20-11-14(19-22-15-8-4-5-9-17(15)25-19)16(23)12-21-18(24)10-13-6-2-1-3-7-13/h4-5,8-9,13-14H,1-3,6-7,10,12H2,(H,21,24)/t14-/m0/s1. The maximum absolute atomic E-state index is 12.3. The van der Waals surface area contributed by atoms with E-state index in [1.807, 2.05) is 12.1 Å². The number of para-hydroxylation sites is 2. The molecule has 1 atom stereocenters. The molecule has 25 heavy (non-hydrogen) atoms. The third kappa shape index (κ3) is 4.24. The number of fused-ring (bicyclic) bond motifs is 1. The van der Waals surface area contributed by atoms with Crippen LogP contribution in [-0.4, -0.2) is 23.2 Å². The Bertz CT molecular complexity index is 767. The first kappa shape index (κ1) is 17.2. The van der Waals surface area contributed by atoms with Gasteiger partial charge in [0, 0.05) is 6.42 Å². The Labute approximate surface area is 146 Å². The Balaban J connectivity index is 1.57. The summed E-state index contributed by atoms with van der Waals surface area (Å²) < 4.78 is 5.50. The number of hydrogen-bond acceptors (Lipinski definition) is 5. The number of carbonyl (C=O) groups is 2. The quantitative estimate of drug-likeness (QED) is 0.872. The maximum Gasteiger partial charge on any atom is 0.220 e. The Morgan fingerprint density at radius 3 is 2.76 bits per heavy atom. The highest BCUT2D eigenvalue weighted by molar-refractivity contribution is 5.92. The summed E-state index contributed by atoms with van der Waals surface area (Å²) in [4.78, 5) is 28.5. The maximum atomic E-state index is 12.3. The summed E-state index contributed by atoms with van der Waals surface area (Å²) in [6, 6.07) is 9.02. The van der Waals surface area contributed by atoms with Crippen LogP contribution in [0.3, 0.4) is 0 Å². The van der Waals surface area contributed by atoms with Crippen LogP contribution in [0, 0.1) is 17.2 Å². The zero-order valence-corrected chi connectivity index (χ0v) is 14.0. The monoisotopic (exact) mass is 339 g/mol. The minimum Gasteiger partial charge on any atom is -0.439 e. The molecule has 130 valence electrons. The predicted molar refractivity (Wildman–Crippen MR) is 91.6 cm³/mol. The average Bonchev–Trinajstić information content (AvgIpc) is 3.05. The number of nitrogens with zero attached hydrogens (tertiary/aromatic N) is 2. The van der Waals surface area contributed by atoms with E-state index in [2.05, 4.69) is 10.3 Å². The third-order valence-corrected chi connectivity index (χ3v) is 4.67. The Kier molecular flexibility index (Phi) is 5.44. The molecule has 0 bridgehead atoms. The van der Waals surface area contributed by atoms with Gasteiger partial charge in [-0.3, -0.25) is 9.59 Å². The lowest BCUT2D eigenvalue weighted by atomic mass is 9.87. The summed E-state index contributed by atoms with van der Waals surface area (Å²) in [5.41, 5.74) is 1.14. The molecule has 1 amide bonds. The molecule has 6 nitrogen and oxygen atoms in total. The van der Waals surface area contributed by atoms with Crippen LogP contribution in [-0.2, 0) is 9.59 Å². The number of hydrogen-bond donors (Lipinski definition) is 1. The van der Waals surface area contributed by atoms with Crippen molar-refractivity contribution >= 4 is 22.8 Å². The zero-order chi connectivity index (χ0) is 17.6. The Morgan fingerprint density at radius 2 is 2.04 bits per heavy atom. The van der Waals surface area contributed by atoms with Crippen LogP contribution in [0.4, 0.5) is 0 Å². The SMILES string of the molecule is N#C[C@@H](C(=O)CNC(=O)CC1CCCCC1)c1nc2ccccc2o1. The Hall–Kier alpha value is -2.68.